The molecule has 4 aromatic rings. The van der Waals surface area contributed by atoms with E-state index in [0.29, 0.717) is 55.1 Å². The molecule has 0 saturated carbocycles. The van der Waals surface area contributed by atoms with Gasteiger partial charge in [-0.3, -0.25) is 19.7 Å². The van der Waals surface area contributed by atoms with Crippen molar-refractivity contribution in [2.45, 2.75) is 17.2 Å². The van der Waals surface area contributed by atoms with Crippen molar-refractivity contribution in [1.82, 2.24) is 19.8 Å². The maximum atomic E-state index is 13.3. The zero-order valence-electron chi connectivity index (χ0n) is 20.9. The highest BCUT2D eigenvalue weighted by Crippen LogP contribution is 2.29. The molecule has 0 aliphatic carbocycles. The largest absolute Gasteiger partial charge is 0.496 e. The third-order valence-corrected chi connectivity index (χ3v) is 8.33. The topological polar surface area (TPSA) is 92.7 Å². The number of halogens is 1. The fourth-order valence-electron chi connectivity index (χ4n) is 4.63. The van der Waals surface area contributed by atoms with Gasteiger partial charge in [-0.25, -0.2) is 12.8 Å². The molecule has 1 amide bonds. The fourth-order valence-corrected chi connectivity index (χ4v) is 6.18. The minimum Gasteiger partial charge on any atom is -0.496 e. The van der Waals surface area contributed by atoms with Gasteiger partial charge < -0.3 is 9.64 Å². The number of methoxy groups -OCH3 is 1. The summed E-state index contributed by atoms with van der Waals surface area (Å²) in [6, 6.07) is 16.6. The second-order valence-electron chi connectivity index (χ2n) is 9.15. The van der Waals surface area contributed by atoms with Gasteiger partial charge in [-0.2, -0.15) is 0 Å². The third-order valence-electron chi connectivity index (χ3n) is 6.64. The summed E-state index contributed by atoms with van der Waals surface area (Å²) in [7, 11) is -2.27. The average molecular weight is 535 g/mol. The lowest BCUT2D eigenvalue weighted by atomic mass is 10.1. The van der Waals surface area contributed by atoms with E-state index in [9.17, 15) is 17.6 Å². The van der Waals surface area contributed by atoms with E-state index in [2.05, 4.69) is 14.9 Å². The Kier molecular flexibility index (Phi) is 7.35. The van der Waals surface area contributed by atoms with Crippen LogP contribution in [0.2, 0.25) is 0 Å². The lowest BCUT2D eigenvalue weighted by molar-refractivity contribution is 0.0626. The highest BCUT2D eigenvalue weighted by Gasteiger charge is 2.25. The van der Waals surface area contributed by atoms with Crippen molar-refractivity contribution in [3.63, 3.8) is 0 Å². The number of carbonyl (C=O) groups excluding carboxylic acids is 1. The number of sulfone groups is 1. The Balaban J connectivity index is 1.28. The summed E-state index contributed by atoms with van der Waals surface area (Å²) < 4.78 is 45.3. The molecule has 10 heteroatoms. The van der Waals surface area contributed by atoms with Gasteiger partial charge in [-0.1, -0.05) is 24.3 Å². The third kappa shape index (κ3) is 5.51. The Morgan fingerprint density at radius 3 is 2.53 bits per heavy atom. The van der Waals surface area contributed by atoms with E-state index in [-0.39, 0.29) is 22.4 Å². The molecule has 196 valence electrons. The van der Waals surface area contributed by atoms with Gasteiger partial charge in [-0.15, -0.1) is 0 Å². The van der Waals surface area contributed by atoms with Crippen molar-refractivity contribution >= 4 is 26.6 Å². The summed E-state index contributed by atoms with van der Waals surface area (Å²) in [6.07, 6.45) is 2.78. The summed E-state index contributed by atoms with van der Waals surface area (Å²) in [4.78, 5) is 25.7. The number of para-hydroxylation sites is 1. The van der Waals surface area contributed by atoms with E-state index in [1.165, 1.54) is 19.4 Å². The molecule has 0 N–H and O–H groups in total. The Hall–Kier alpha value is -3.89. The minimum atomic E-state index is -3.73. The number of nitrogens with zero attached hydrogens (tertiary/aromatic N) is 4. The molecule has 0 spiro atoms. The van der Waals surface area contributed by atoms with Crippen LogP contribution in [0.1, 0.15) is 21.6 Å². The molecule has 2 aromatic heterocycles. The van der Waals surface area contributed by atoms with E-state index >= 15 is 0 Å². The molecule has 0 atom stereocenters. The van der Waals surface area contributed by atoms with Gasteiger partial charge in [0, 0.05) is 55.4 Å². The SMILES string of the molecule is COc1cc(C(=O)N2CCN(Cc3ccc(F)cn3)CC2)ccc1CS(=O)(=O)c1cccc2cccnc12. The molecular weight excluding hydrogens is 507 g/mol. The van der Waals surface area contributed by atoms with Crippen LogP contribution in [0.3, 0.4) is 0 Å². The molecule has 3 heterocycles. The van der Waals surface area contributed by atoms with E-state index in [4.69, 9.17) is 4.74 Å². The smallest absolute Gasteiger partial charge is 0.254 e. The standard InChI is InChI=1S/C28H27FN4O4S/c1-37-25-16-21(28(34)33-14-12-32(13-15-33)18-24-10-9-23(29)17-31-24)7-8-22(25)19-38(35,36)26-6-2-4-20-5-3-11-30-27(20)26/h2-11,16-17H,12-15,18-19H2,1H3. The van der Waals surface area contributed by atoms with Crippen LogP contribution in [0.5, 0.6) is 5.75 Å². The van der Waals surface area contributed by atoms with Gasteiger partial charge in [0.15, 0.2) is 9.84 Å². The number of hydrogen-bond acceptors (Lipinski definition) is 7. The van der Waals surface area contributed by atoms with Crippen LogP contribution in [0.15, 0.2) is 78.0 Å². The summed E-state index contributed by atoms with van der Waals surface area (Å²) >= 11 is 0. The zero-order chi connectivity index (χ0) is 26.7. The first-order valence-electron chi connectivity index (χ1n) is 12.2. The molecule has 38 heavy (non-hydrogen) atoms. The first kappa shape index (κ1) is 25.7. The van der Waals surface area contributed by atoms with Crippen LogP contribution in [-0.4, -0.2) is 67.4 Å². The molecule has 0 unspecified atom stereocenters. The highest BCUT2D eigenvalue weighted by molar-refractivity contribution is 7.90. The van der Waals surface area contributed by atoms with E-state index in [1.807, 2.05) is 12.1 Å². The van der Waals surface area contributed by atoms with Crippen LogP contribution >= 0.6 is 0 Å². The molecule has 5 rings (SSSR count). The number of amides is 1. The van der Waals surface area contributed by atoms with Crippen molar-refractivity contribution in [1.29, 1.82) is 0 Å². The number of pyridine rings is 2. The summed E-state index contributed by atoms with van der Waals surface area (Å²) in [6.45, 7) is 2.99. The van der Waals surface area contributed by atoms with Gasteiger partial charge in [-0.05, 0) is 36.4 Å². The number of fused-ring (bicyclic) bond motifs is 1. The number of carbonyl (C=O) groups is 1. The van der Waals surface area contributed by atoms with Crippen LogP contribution in [-0.2, 0) is 22.1 Å². The Morgan fingerprint density at radius 1 is 1.00 bits per heavy atom. The quantitative estimate of drug-likeness (QED) is 0.357. The molecule has 1 fully saturated rings. The number of ether oxygens (including phenoxy) is 1. The fraction of sp³-hybridized carbons (Fsp3) is 0.250. The van der Waals surface area contributed by atoms with Crippen LogP contribution in [0.25, 0.3) is 10.9 Å². The van der Waals surface area contributed by atoms with E-state index in [0.717, 1.165) is 11.1 Å². The van der Waals surface area contributed by atoms with Crippen molar-refractivity contribution in [2.24, 2.45) is 0 Å². The van der Waals surface area contributed by atoms with Crippen LogP contribution in [0, 0.1) is 5.82 Å². The van der Waals surface area contributed by atoms with E-state index in [1.54, 1.807) is 53.6 Å². The second kappa shape index (κ2) is 10.8. The predicted octanol–water partition coefficient (Wildman–Crippen LogP) is 3.71. The van der Waals surface area contributed by atoms with Gasteiger partial charge >= 0.3 is 0 Å². The van der Waals surface area contributed by atoms with Crippen LogP contribution < -0.4 is 4.74 Å². The number of rotatable bonds is 7. The summed E-state index contributed by atoms with van der Waals surface area (Å²) in [5.74, 6) is -0.450. The highest BCUT2D eigenvalue weighted by atomic mass is 32.2. The molecule has 1 aliphatic heterocycles. The first-order valence-corrected chi connectivity index (χ1v) is 13.8. The molecule has 1 saturated heterocycles. The number of benzene rings is 2. The van der Waals surface area contributed by atoms with Gasteiger partial charge in [0.2, 0.25) is 0 Å². The summed E-state index contributed by atoms with van der Waals surface area (Å²) in [5, 5.41) is 0.746. The molecule has 0 bridgehead atoms. The Morgan fingerprint density at radius 2 is 1.79 bits per heavy atom. The molecule has 8 nitrogen and oxygen atoms in total. The molecule has 2 aromatic carbocycles. The van der Waals surface area contributed by atoms with Crippen molar-refractivity contribution < 1.29 is 22.3 Å². The maximum absolute atomic E-state index is 13.3. The molecular formula is C28H27FN4O4S. The average Bonchev–Trinajstić information content (AvgIpc) is 2.94. The lowest BCUT2D eigenvalue weighted by Crippen LogP contribution is -2.48. The minimum absolute atomic E-state index is 0.143. The Labute approximate surface area is 220 Å². The normalized spacial score (nSPS) is 14.5. The first-order chi connectivity index (χ1) is 18.3. The van der Waals surface area contributed by atoms with Gasteiger partial charge in [0.05, 0.1) is 35.2 Å². The molecule has 1 aliphatic rings. The van der Waals surface area contributed by atoms with Crippen molar-refractivity contribution in [2.75, 3.05) is 33.3 Å². The van der Waals surface area contributed by atoms with Gasteiger partial charge in [0.1, 0.15) is 11.6 Å². The summed E-state index contributed by atoms with van der Waals surface area (Å²) in [5.41, 5.74) is 2.10. The molecule has 0 radical (unpaired) electrons. The number of aromatic nitrogens is 2. The maximum Gasteiger partial charge on any atom is 0.254 e. The zero-order valence-corrected chi connectivity index (χ0v) is 21.7. The monoisotopic (exact) mass is 534 g/mol. The van der Waals surface area contributed by atoms with Crippen LogP contribution in [0.4, 0.5) is 4.39 Å². The van der Waals surface area contributed by atoms with Crippen molar-refractivity contribution in [3.05, 3.63) is 95.7 Å². The Bertz CT molecular complexity index is 1560. The number of piperazine rings is 1. The second-order valence-corrected chi connectivity index (χ2v) is 11.1. The van der Waals surface area contributed by atoms with Gasteiger partial charge in [0.25, 0.3) is 5.91 Å². The van der Waals surface area contributed by atoms with Crippen molar-refractivity contribution in [3.8, 4) is 5.75 Å². The number of hydrogen-bond donors (Lipinski definition) is 0. The predicted molar refractivity (Wildman–Crippen MR) is 141 cm³/mol. The van der Waals surface area contributed by atoms with E-state index < -0.39 is 9.84 Å². The lowest BCUT2D eigenvalue weighted by Gasteiger charge is -2.34.